The Labute approximate surface area is 380 Å². The molecule has 11 aromatic carbocycles. The maximum Gasteiger partial charge on any atom is 0.179 e. The SMILES string of the molecule is c1ccc(-n2c3ccccc3c3c(-c4ccc(N(c5ccc([Si](c6ccccc6)(c6ccccc6)c6ccccc6)cc5)c5ccc6ccc7ccccc7c6c5)cc4)cccc32)cc1. The predicted octanol–water partition coefficient (Wildman–Crippen LogP) is 13.6. The monoisotopic (exact) mass is 844 g/mol. The van der Waals surface area contributed by atoms with Crippen LogP contribution in [-0.4, -0.2) is 12.6 Å². The lowest BCUT2D eigenvalue weighted by atomic mass is 9.98. The van der Waals surface area contributed by atoms with Crippen molar-refractivity contribution in [3.05, 3.63) is 267 Å². The minimum Gasteiger partial charge on any atom is -0.310 e. The van der Waals surface area contributed by atoms with Gasteiger partial charge in [-0.25, -0.2) is 0 Å². The van der Waals surface area contributed by atoms with Crippen LogP contribution in [0, 0.1) is 0 Å². The second-order valence-corrected chi connectivity index (χ2v) is 20.7. The summed E-state index contributed by atoms with van der Waals surface area (Å²) in [6, 6.07) is 98.4. The van der Waals surface area contributed by atoms with Gasteiger partial charge >= 0.3 is 0 Å². The van der Waals surface area contributed by atoms with Crippen LogP contribution >= 0.6 is 0 Å². The molecule has 0 saturated heterocycles. The molecule has 0 aliphatic heterocycles. The van der Waals surface area contributed by atoms with Gasteiger partial charge in [0.15, 0.2) is 8.07 Å². The average molecular weight is 845 g/mol. The molecule has 0 aliphatic rings. The van der Waals surface area contributed by atoms with Gasteiger partial charge in [0.25, 0.3) is 0 Å². The number of hydrogen-bond donors (Lipinski definition) is 0. The van der Waals surface area contributed by atoms with Crippen LogP contribution in [0.25, 0.3) is 60.2 Å². The van der Waals surface area contributed by atoms with E-state index < -0.39 is 8.07 Å². The van der Waals surface area contributed by atoms with E-state index in [4.69, 9.17) is 0 Å². The van der Waals surface area contributed by atoms with Crippen molar-refractivity contribution >= 4 is 89.2 Å². The van der Waals surface area contributed by atoms with Gasteiger partial charge in [0.05, 0.1) is 11.0 Å². The van der Waals surface area contributed by atoms with Crippen LogP contribution in [0.5, 0.6) is 0 Å². The Morgan fingerprint density at radius 1 is 0.308 bits per heavy atom. The van der Waals surface area contributed by atoms with Crippen LogP contribution in [0.1, 0.15) is 0 Å². The summed E-state index contributed by atoms with van der Waals surface area (Å²) in [6.07, 6.45) is 0. The number of anilines is 3. The van der Waals surface area contributed by atoms with E-state index in [1.54, 1.807) is 0 Å². The third-order valence-electron chi connectivity index (χ3n) is 13.3. The molecule has 0 fully saturated rings. The second kappa shape index (κ2) is 16.1. The van der Waals surface area contributed by atoms with Crippen LogP contribution < -0.4 is 25.6 Å². The molecule has 0 spiro atoms. The second-order valence-electron chi connectivity index (χ2n) is 16.9. The Hall–Kier alpha value is -8.24. The Bertz CT molecular complexity index is 3530. The molecular weight excluding hydrogens is 801 g/mol. The van der Waals surface area contributed by atoms with Crippen molar-refractivity contribution in [2.24, 2.45) is 0 Å². The summed E-state index contributed by atoms with van der Waals surface area (Å²) in [4.78, 5) is 2.42. The minimum absolute atomic E-state index is 1.10. The highest BCUT2D eigenvalue weighted by Crippen LogP contribution is 2.41. The topological polar surface area (TPSA) is 8.17 Å². The molecule has 1 heterocycles. The van der Waals surface area contributed by atoms with Crippen LogP contribution in [0.15, 0.2) is 267 Å². The smallest absolute Gasteiger partial charge is 0.179 e. The van der Waals surface area contributed by atoms with Gasteiger partial charge in [-0.1, -0.05) is 206 Å². The van der Waals surface area contributed by atoms with E-state index >= 15 is 0 Å². The zero-order chi connectivity index (χ0) is 43.2. The Morgan fingerprint density at radius 3 is 1.40 bits per heavy atom. The lowest BCUT2D eigenvalue weighted by Gasteiger charge is -2.35. The summed E-state index contributed by atoms with van der Waals surface area (Å²) in [7, 11) is -2.71. The number of benzene rings is 11. The summed E-state index contributed by atoms with van der Waals surface area (Å²) in [5, 5.41) is 12.9. The Kier molecular flexibility index (Phi) is 9.55. The van der Waals surface area contributed by atoms with Crippen molar-refractivity contribution in [2.75, 3.05) is 4.90 Å². The summed E-state index contributed by atoms with van der Waals surface area (Å²) in [5.41, 5.74) is 9.27. The maximum atomic E-state index is 2.42. The Balaban J connectivity index is 1.03. The zero-order valence-corrected chi connectivity index (χ0v) is 36.8. The van der Waals surface area contributed by atoms with Gasteiger partial charge in [-0.05, 0) is 114 Å². The molecule has 1 aromatic heterocycles. The minimum atomic E-state index is -2.71. The number of fused-ring (bicyclic) bond motifs is 6. The fraction of sp³-hybridized carbons (Fsp3) is 0. The van der Waals surface area contributed by atoms with Gasteiger partial charge in [0, 0.05) is 33.5 Å². The van der Waals surface area contributed by atoms with E-state index in [2.05, 4.69) is 276 Å². The van der Waals surface area contributed by atoms with Crippen LogP contribution in [0.3, 0.4) is 0 Å². The van der Waals surface area contributed by atoms with Crippen molar-refractivity contribution in [3.8, 4) is 16.8 Å². The molecule has 3 heteroatoms. The number of aromatic nitrogens is 1. The first-order valence-electron chi connectivity index (χ1n) is 22.4. The summed E-state index contributed by atoms with van der Waals surface area (Å²) < 4.78 is 2.39. The van der Waals surface area contributed by atoms with Gasteiger partial charge < -0.3 is 9.47 Å². The quantitative estimate of drug-likeness (QED) is 0.0798. The molecule has 0 saturated carbocycles. The molecule has 0 atom stereocenters. The normalized spacial score (nSPS) is 11.7. The highest BCUT2D eigenvalue weighted by atomic mass is 28.3. The van der Waals surface area contributed by atoms with Crippen molar-refractivity contribution in [1.29, 1.82) is 0 Å². The fourth-order valence-corrected chi connectivity index (χ4v) is 15.2. The van der Waals surface area contributed by atoms with Crippen molar-refractivity contribution < 1.29 is 0 Å². The Morgan fingerprint density at radius 2 is 0.769 bits per heavy atom. The van der Waals surface area contributed by atoms with E-state index in [1.807, 2.05) is 0 Å². The number of nitrogens with zero attached hydrogens (tertiary/aromatic N) is 2. The molecule has 2 nitrogen and oxygen atoms in total. The molecule has 0 bridgehead atoms. The molecule has 0 radical (unpaired) electrons. The standard InChI is InChI=1S/C62H44N2Si/c1-5-19-48(20-6-1)64-60-30-16-15-28-58(60)62-57(29-17-31-61(62)64)46-34-37-49(38-35-46)63(51-39-36-47-33-32-45-18-13-14-27-56(45)59(47)44-51)50-40-42-55(43-41-50)65(52-21-7-2-8-22-52,53-23-9-3-10-24-53)54-25-11-4-12-26-54/h1-44H. The first kappa shape index (κ1) is 38.4. The van der Waals surface area contributed by atoms with E-state index in [0.717, 1.165) is 22.7 Å². The number of rotatable bonds is 9. The summed E-state index contributed by atoms with van der Waals surface area (Å²) in [5.74, 6) is 0. The van der Waals surface area contributed by atoms with Gasteiger partial charge in [0.2, 0.25) is 0 Å². The first-order chi connectivity index (χ1) is 32.3. The first-order valence-corrected chi connectivity index (χ1v) is 24.4. The van der Waals surface area contributed by atoms with E-state index in [-0.39, 0.29) is 0 Å². The summed E-state index contributed by atoms with van der Waals surface area (Å²) >= 11 is 0. The predicted molar refractivity (Wildman–Crippen MR) is 280 cm³/mol. The molecule has 65 heavy (non-hydrogen) atoms. The number of hydrogen-bond acceptors (Lipinski definition) is 1. The summed E-state index contributed by atoms with van der Waals surface area (Å²) in [6.45, 7) is 0. The van der Waals surface area contributed by atoms with Gasteiger partial charge in [-0.15, -0.1) is 0 Å². The van der Waals surface area contributed by atoms with Crippen molar-refractivity contribution in [2.45, 2.75) is 0 Å². The average Bonchev–Trinajstić information content (AvgIpc) is 3.73. The van der Waals surface area contributed by atoms with Gasteiger partial charge in [-0.3, -0.25) is 0 Å². The van der Waals surface area contributed by atoms with Crippen molar-refractivity contribution in [3.63, 3.8) is 0 Å². The van der Waals surface area contributed by atoms with E-state index in [0.29, 0.717) is 0 Å². The largest absolute Gasteiger partial charge is 0.310 e. The third kappa shape index (κ3) is 6.47. The lowest BCUT2D eigenvalue weighted by molar-refractivity contribution is 1.18. The zero-order valence-electron chi connectivity index (χ0n) is 35.8. The van der Waals surface area contributed by atoms with Crippen molar-refractivity contribution in [1.82, 2.24) is 4.57 Å². The molecule has 0 aliphatic carbocycles. The van der Waals surface area contributed by atoms with Crippen LogP contribution in [0.2, 0.25) is 0 Å². The highest BCUT2D eigenvalue weighted by molar-refractivity contribution is 7.19. The van der Waals surface area contributed by atoms with E-state index in [9.17, 15) is 0 Å². The third-order valence-corrected chi connectivity index (χ3v) is 18.1. The molecule has 12 rings (SSSR count). The highest BCUT2D eigenvalue weighted by Gasteiger charge is 2.41. The number of para-hydroxylation sites is 2. The van der Waals surface area contributed by atoms with E-state index in [1.165, 1.54) is 75.2 Å². The molecule has 306 valence electrons. The molecule has 0 unspecified atom stereocenters. The maximum absolute atomic E-state index is 2.71. The van der Waals surface area contributed by atoms with Gasteiger partial charge in [0.1, 0.15) is 0 Å². The molecule has 0 amide bonds. The fourth-order valence-electron chi connectivity index (χ4n) is 10.4. The van der Waals surface area contributed by atoms with Gasteiger partial charge in [-0.2, -0.15) is 0 Å². The van der Waals surface area contributed by atoms with Crippen LogP contribution in [0.4, 0.5) is 17.1 Å². The molecular formula is C62H44N2Si. The van der Waals surface area contributed by atoms with Crippen LogP contribution in [-0.2, 0) is 0 Å². The molecule has 12 aromatic rings. The lowest BCUT2D eigenvalue weighted by Crippen LogP contribution is -2.74. The molecule has 0 N–H and O–H groups in total.